The number of carbonyl (C=O) groups excluding carboxylic acids is 1. The molecule has 0 aliphatic carbocycles. The van der Waals surface area contributed by atoms with Crippen LogP contribution in [0.15, 0.2) is 48.5 Å². The zero-order valence-electron chi connectivity index (χ0n) is 12.0. The van der Waals surface area contributed by atoms with Gasteiger partial charge in [0.2, 0.25) is 0 Å². The number of hydrogen-bond donors (Lipinski definition) is 2. The molecule has 0 bridgehead atoms. The van der Waals surface area contributed by atoms with E-state index in [0.717, 1.165) is 0 Å². The molecular formula is C17H13ClN2O3. The second-order valence-corrected chi connectivity index (χ2v) is 5.33. The third-order valence-electron chi connectivity index (χ3n) is 3.19. The quantitative estimate of drug-likeness (QED) is 0.882. The summed E-state index contributed by atoms with van der Waals surface area (Å²) in [5.41, 5.74) is 1.38. The first-order valence-corrected chi connectivity index (χ1v) is 7.15. The Morgan fingerprint density at radius 3 is 2.61 bits per heavy atom. The maximum absolute atomic E-state index is 12.1. The van der Waals surface area contributed by atoms with E-state index in [1.165, 1.54) is 6.07 Å². The number of halogens is 1. The number of amides is 1. The van der Waals surface area contributed by atoms with Crippen LogP contribution in [0.4, 0.5) is 0 Å². The molecule has 2 rings (SSSR count). The van der Waals surface area contributed by atoms with Gasteiger partial charge >= 0.3 is 5.97 Å². The zero-order chi connectivity index (χ0) is 16.8. The predicted octanol–water partition coefficient (Wildman–Crippen LogP) is 2.64. The minimum atomic E-state index is -1.15. The number of nitriles is 1. The first kappa shape index (κ1) is 16.5. The summed E-state index contributed by atoms with van der Waals surface area (Å²) >= 11 is 5.82. The van der Waals surface area contributed by atoms with Gasteiger partial charge in [-0.2, -0.15) is 5.26 Å². The summed E-state index contributed by atoms with van der Waals surface area (Å²) < 4.78 is 0. The van der Waals surface area contributed by atoms with Crippen LogP contribution in [-0.2, 0) is 11.2 Å². The number of carbonyl (C=O) groups is 2. The fourth-order valence-corrected chi connectivity index (χ4v) is 2.27. The molecule has 0 fully saturated rings. The second-order valence-electron chi connectivity index (χ2n) is 4.89. The Bertz CT molecular complexity index is 783. The Kier molecular flexibility index (Phi) is 5.34. The maximum Gasteiger partial charge on any atom is 0.326 e. The van der Waals surface area contributed by atoms with E-state index in [1.807, 2.05) is 6.07 Å². The lowest BCUT2D eigenvalue weighted by molar-refractivity contribution is -0.139. The van der Waals surface area contributed by atoms with Crippen molar-refractivity contribution in [2.24, 2.45) is 0 Å². The number of benzene rings is 2. The van der Waals surface area contributed by atoms with Gasteiger partial charge in [-0.15, -0.1) is 0 Å². The monoisotopic (exact) mass is 328 g/mol. The van der Waals surface area contributed by atoms with E-state index in [2.05, 4.69) is 5.32 Å². The standard InChI is InChI=1S/C17H13ClN2O3/c18-14-6-2-5-13(9-14)16(21)20-15(17(22)23)8-11-3-1-4-12(7-11)10-19/h1-7,9,15H,8H2,(H,20,21)(H,22,23)/t15-/m0/s1. The Balaban J connectivity index is 2.14. The highest BCUT2D eigenvalue weighted by Gasteiger charge is 2.21. The van der Waals surface area contributed by atoms with Crippen molar-refractivity contribution in [1.82, 2.24) is 5.32 Å². The summed E-state index contributed by atoms with van der Waals surface area (Å²) in [4.78, 5) is 23.5. The molecule has 1 atom stereocenters. The van der Waals surface area contributed by atoms with Crippen LogP contribution in [0.25, 0.3) is 0 Å². The zero-order valence-corrected chi connectivity index (χ0v) is 12.7. The minimum Gasteiger partial charge on any atom is -0.480 e. The smallest absolute Gasteiger partial charge is 0.326 e. The maximum atomic E-state index is 12.1. The molecule has 6 heteroatoms. The molecule has 0 unspecified atom stereocenters. The molecule has 2 N–H and O–H groups in total. The van der Waals surface area contributed by atoms with E-state index in [-0.39, 0.29) is 12.0 Å². The predicted molar refractivity (Wildman–Crippen MR) is 85.2 cm³/mol. The van der Waals surface area contributed by atoms with Gasteiger partial charge in [0.05, 0.1) is 11.6 Å². The SMILES string of the molecule is N#Cc1cccc(C[C@H](NC(=O)c2cccc(Cl)c2)C(=O)O)c1. The fourth-order valence-electron chi connectivity index (χ4n) is 2.07. The van der Waals surface area contributed by atoms with E-state index in [4.69, 9.17) is 16.9 Å². The van der Waals surface area contributed by atoms with Crippen LogP contribution in [0.5, 0.6) is 0 Å². The van der Waals surface area contributed by atoms with Crippen molar-refractivity contribution >= 4 is 23.5 Å². The second kappa shape index (κ2) is 7.43. The molecule has 23 heavy (non-hydrogen) atoms. The molecule has 116 valence electrons. The Hall–Kier alpha value is -2.84. The van der Waals surface area contributed by atoms with E-state index in [0.29, 0.717) is 16.1 Å². The molecule has 2 aromatic rings. The molecule has 0 heterocycles. The molecule has 2 aromatic carbocycles. The third-order valence-corrected chi connectivity index (χ3v) is 3.42. The summed E-state index contributed by atoms with van der Waals surface area (Å²) in [5, 5.41) is 21.0. The number of aliphatic carboxylic acids is 1. The number of hydrogen-bond acceptors (Lipinski definition) is 3. The van der Waals surface area contributed by atoms with Crippen LogP contribution in [0.1, 0.15) is 21.5 Å². The molecule has 0 radical (unpaired) electrons. The van der Waals surface area contributed by atoms with Crippen LogP contribution in [0.2, 0.25) is 5.02 Å². The van der Waals surface area contributed by atoms with Gasteiger partial charge in [0.25, 0.3) is 5.91 Å². The summed E-state index contributed by atoms with van der Waals surface area (Å²) in [6.45, 7) is 0. The molecule has 5 nitrogen and oxygen atoms in total. The highest BCUT2D eigenvalue weighted by atomic mass is 35.5. The first-order valence-electron chi connectivity index (χ1n) is 6.78. The van der Waals surface area contributed by atoms with Gasteiger partial charge in [-0.25, -0.2) is 4.79 Å². The summed E-state index contributed by atoms with van der Waals surface area (Å²) in [6.07, 6.45) is 0.0805. The Morgan fingerprint density at radius 2 is 1.96 bits per heavy atom. The molecule has 0 spiro atoms. The largest absolute Gasteiger partial charge is 0.480 e. The van der Waals surface area contributed by atoms with Crippen LogP contribution in [0.3, 0.4) is 0 Å². The summed E-state index contributed by atoms with van der Waals surface area (Å²) in [7, 11) is 0. The van der Waals surface area contributed by atoms with Crippen LogP contribution in [-0.4, -0.2) is 23.0 Å². The van der Waals surface area contributed by atoms with Crippen LogP contribution >= 0.6 is 11.6 Å². The number of carboxylic acids is 1. The third kappa shape index (κ3) is 4.56. The summed E-state index contributed by atoms with van der Waals surface area (Å²) in [6, 6.07) is 13.8. The minimum absolute atomic E-state index is 0.0805. The molecule has 0 saturated heterocycles. The average Bonchev–Trinajstić information content (AvgIpc) is 2.54. The lowest BCUT2D eigenvalue weighted by Crippen LogP contribution is -2.42. The number of rotatable bonds is 5. The molecule has 1 amide bonds. The van der Waals surface area contributed by atoms with Gasteiger partial charge in [-0.1, -0.05) is 29.8 Å². The molecule has 0 aliphatic heterocycles. The highest BCUT2D eigenvalue weighted by molar-refractivity contribution is 6.31. The first-order chi connectivity index (χ1) is 11.0. The number of nitrogens with one attached hydrogen (secondary N) is 1. The van der Waals surface area contributed by atoms with Gasteiger partial charge in [0.1, 0.15) is 6.04 Å². The number of carboxylic acid groups (broad SMARTS) is 1. The summed E-state index contributed by atoms with van der Waals surface area (Å²) in [5.74, 6) is -1.67. The lowest BCUT2D eigenvalue weighted by Gasteiger charge is -2.15. The van der Waals surface area contributed by atoms with E-state index < -0.39 is 17.9 Å². The number of nitrogens with zero attached hydrogens (tertiary/aromatic N) is 1. The molecular weight excluding hydrogens is 316 g/mol. The Labute approximate surface area is 138 Å². The van der Waals surface area contributed by atoms with Crippen molar-refractivity contribution in [3.8, 4) is 6.07 Å². The average molecular weight is 329 g/mol. The van der Waals surface area contributed by atoms with Gasteiger partial charge < -0.3 is 10.4 Å². The molecule has 0 saturated carbocycles. The van der Waals surface area contributed by atoms with Gasteiger partial charge in [-0.3, -0.25) is 4.79 Å². The van der Waals surface area contributed by atoms with E-state index in [9.17, 15) is 14.7 Å². The van der Waals surface area contributed by atoms with E-state index >= 15 is 0 Å². The van der Waals surface area contributed by atoms with Crippen molar-refractivity contribution in [1.29, 1.82) is 5.26 Å². The highest BCUT2D eigenvalue weighted by Crippen LogP contribution is 2.12. The van der Waals surface area contributed by atoms with Crippen molar-refractivity contribution in [2.75, 3.05) is 0 Å². The van der Waals surface area contributed by atoms with Crippen LogP contribution in [0, 0.1) is 11.3 Å². The van der Waals surface area contributed by atoms with Crippen molar-refractivity contribution in [3.05, 3.63) is 70.2 Å². The fraction of sp³-hybridized carbons (Fsp3) is 0.118. The van der Waals surface area contributed by atoms with Crippen molar-refractivity contribution < 1.29 is 14.7 Å². The topological polar surface area (TPSA) is 90.2 Å². The lowest BCUT2D eigenvalue weighted by atomic mass is 10.0. The van der Waals surface area contributed by atoms with Crippen LogP contribution < -0.4 is 5.32 Å². The van der Waals surface area contributed by atoms with Crippen molar-refractivity contribution in [3.63, 3.8) is 0 Å². The Morgan fingerprint density at radius 1 is 1.22 bits per heavy atom. The van der Waals surface area contributed by atoms with Gasteiger partial charge in [0.15, 0.2) is 0 Å². The van der Waals surface area contributed by atoms with Gasteiger partial charge in [0, 0.05) is 17.0 Å². The molecule has 0 aromatic heterocycles. The molecule has 0 aliphatic rings. The van der Waals surface area contributed by atoms with Crippen molar-refractivity contribution in [2.45, 2.75) is 12.5 Å². The normalized spacial score (nSPS) is 11.3. The van der Waals surface area contributed by atoms with E-state index in [1.54, 1.807) is 42.5 Å². The van der Waals surface area contributed by atoms with Gasteiger partial charge in [-0.05, 0) is 35.9 Å².